The number of nitrogens with zero attached hydrogens (tertiary/aromatic N) is 2. The third-order valence-electron chi connectivity index (χ3n) is 7.27. The van der Waals surface area contributed by atoms with E-state index in [-0.39, 0.29) is 19.0 Å². The molecule has 1 aliphatic heterocycles. The molecule has 1 saturated heterocycles. The molecule has 1 N–H and O–H groups in total. The molecule has 0 saturated carbocycles. The molecular weight excluding hydrogens is 636 g/mol. The summed E-state index contributed by atoms with van der Waals surface area (Å²) in [5.41, 5.74) is -0.176. The molecule has 1 aromatic carbocycles. The Labute approximate surface area is 277 Å². The van der Waals surface area contributed by atoms with Crippen molar-refractivity contribution in [3.63, 3.8) is 0 Å². The predicted octanol–water partition coefficient (Wildman–Crippen LogP) is 7.07. The Bertz CT molecular complexity index is 1300. The van der Waals surface area contributed by atoms with Gasteiger partial charge in [0.1, 0.15) is 11.9 Å². The molecular formula is C32H49FN3O6PS2. The molecule has 0 bridgehead atoms. The number of H-pyrrole nitrogens is 1. The van der Waals surface area contributed by atoms with E-state index in [0.29, 0.717) is 30.5 Å². The van der Waals surface area contributed by atoms with Gasteiger partial charge in [-0.1, -0.05) is 58.8 Å². The normalized spacial score (nSPS) is 21.8. The Morgan fingerprint density at radius 1 is 1.13 bits per heavy atom. The first-order valence-electron chi connectivity index (χ1n) is 16.3. The number of carbonyl (C=O) groups is 1. The molecule has 2 heterocycles. The van der Waals surface area contributed by atoms with Crippen molar-refractivity contribution < 1.29 is 24.3 Å². The highest BCUT2D eigenvalue weighted by Gasteiger charge is 2.47. The summed E-state index contributed by atoms with van der Waals surface area (Å²) in [6.45, 7) is 10.4. The monoisotopic (exact) mass is 686 g/mol. The van der Waals surface area contributed by atoms with E-state index in [0.717, 1.165) is 42.1 Å². The van der Waals surface area contributed by atoms with Crippen molar-refractivity contribution in [3.05, 3.63) is 69.0 Å². The lowest BCUT2D eigenvalue weighted by atomic mass is 10.0. The van der Waals surface area contributed by atoms with Crippen LogP contribution in [-0.4, -0.2) is 68.1 Å². The lowest BCUT2D eigenvalue weighted by Gasteiger charge is -2.37. The summed E-state index contributed by atoms with van der Waals surface area (Å²) >= 11 is 0. The Kier molecular flexibility index (Phi) is 15.6. The zero-order valence-electron chi connectivity index (χ0n) is 27.9. The maximum atomic E-state index is 15.8. The number of alkyl halides is 1. The number of nitrogens with one attached hydrogen (secondary N) is 1. The van der Waals surface area contributed by atoms with Crippen LogP contribution in [0, 0.1) is 0 Å². The SMILES string of the molecule is [2H]CC1OC(n2ccc(=O)[nH]c2=O)C(F)C1OP(OCCCCSSC(C)CCC(=O)CCc1ccccc1)N(C(C)C)C(C)C. The van der Waals surface area contributed by atoms with Gasteiger partial charge in [0.25, 0.3) is 14.1 Å². The second-order valence-electron chi connectivity index (χ2n) is 11.7. The average molecular weight is 687 g/mol. The van der Waals surface area contributed by atoms with E-state index in [9.17, 15) is 14.4 Å². The maximum Gasteiger partial charge on any atom is 0.330 e. The van der Waals surface area contributed by atoms with Crippen LogP contribution in [0.1, 0.15) is 86.8 Å². The number of benzene rings is 1. The van der Waals surface area contributed by atoms with Crippen LogP contribution in [-0.2, 0) is 25.0 Å². The fraction of sp³-hybridized carbons (Fsp3) is 0.656. The van der Waals surface area contributed by atoms with Gasteiger partial charge in [-0.3, -0.25) is 19.1 Å². The Balaban J connectivity index is 1.44. The van der Waals surface area contributed by atoms with Crippen molar-refractivity contribution in [3.8, 4) is 0 Å². The summed E-state index contributed by atoms with van der Waals surface area (Å²) in [5.74, 6) is 1.25. The quantitative estimate of drug-likeness (QED) is 0.0890. The predicted molar refractivity (Wildman–Crippen MR) is 183 cm³/mol. The number of rotatable bonds is 20. The van der Waals surface area contributed by atoms with E-state index >= 15 is 4.39 Å². The van der Waals surface area contributed by atoms with E-state index in [2.05, 4.69) is 28.7 Å². The number of hydrogen-bond acceptors (Lipinski definition) is 9. The molecule has 9 nitrogen and oxygen atoms in total. The second-order valence-corrected chi connectivity index (χ2v) is 16.1. The molecule has 2 aromatic rings. The van der Waals surface area contributed by atoms with Crippen molar-refractivity contribution in [2.75, 3.05) is 12.4 Å². The molecule has 45 heavy (non-hydrogen) atoms. The number of ketones is 1. The standard InChI is InChI=1S/C32H49FN3O6PS2/c1-22(2)36(23(3)4)43(42-30-25(6)41-31(29(30)33)35-19-18-28(38)34-32(35)39)40-20-10-11-21-44-45-24(5)14-16-27(37)17-15-26-12-8-7-9-13-26/h7-9,12-13,18-19,22-25,29-31H,10-11,14-17,20-21H2,1-6H3,(H,34,38,39)/i6D. The van der Waals surface area contributed by atoms with Crippen molar-refractivity contribution in [1.29, 1.82) is 0 Å². The summed E-state index contributed by atoms with van der Waals surface area (Å²) in [6, 6.07) is 11.3. The molecule has 0 amide bonds. The van der Waals surface area contributed by atoms with Gasteiger partial charge in [0.15, 0.2) is 12.4 Å². The van der Waals surface area contributed by atoms with Gasteiger partial charge in [-0.15, -0.1) is 0 Å². The fourth-order valence-electron chi connectivity index (χ4n) is 4.94. The maximum absolute atomic E-state index is 15.8. The minimum Gasteiger partial charge on any atom is -0.349 e. The Morgan fingerprint density at radius 3 is 2.53 bits per heavy atom. The lowest BCUT2D eigenvalue weighted by molar-refractivity contribution is -0.119. The number of unbranched alkanes of at least 4 members (excludes halogenated alkanes) is 1. The van der Waals surface area contributed by atoms with E-state index < -0.39 is 44.4 Å². The molecule has 6 unspecified atom stereocenters. The van der Waals surface area contributed by atoms with Gasteiger partial charge in [-0.05, 0) is 65.8 Å². The van der Waals surface area contributed by atoms with Crippen molar-refractivity contribution in [1.82, 2.24) is 14.2 Å². The minimum atomic E-state index is -1.75. The minimum absolute atomic E-state index is 0.0530. The number of aromatic nitrogens is 2. The number of aryl methyl sites for hydroxylation is 1. The third kappa shape index (κ3) is 12.2. The first kappa shape index (κ1) is 36.3. The Hall–Kier alpha value is -1.53. The zero-order chi connectivity index (χ0) is 33.6. The number of aromatic amines is 1. The summed E-state index contributed by atoms with van der Waals surface area (Å²) in [4.78, 5) is 38.3. The van der Waals surface area contributed by atoms with Crippen LogP contribution in [0.5, 0.6) is 0 Å². The molecule has 1 fully saturated rings. The highest BCUT2D eigenvalue weighted by Crippen LogP contribution is 2.50. The number of carbonyl (C=O) groups excluding carboxylic acids is 1. The molecule has 13 heteroatoms. The summed E-state index contributed by atoms with van der Waals surface area (Å²) in [6.07, 6.45) is 0.675. The molecule has 0 aliphatic carbocycles. The van der Waals surface area contributed by atoms with E-state index in [1.54, 1.807) is 10.8 Å². The van der Waals surface area contributed by atoms with E-state index in [1.165, 1.54) is 11.8 Å². The third-order valence-corrected chi connectivity index (χ3v) is 12.4. The first-order chi connectivity index (χ1) is 22.0. The topological polar surface area (TPSA) is 103 Å². The van der Waals surface area contributed by atoms with Crippen LogP contribution >= 0.6 is 30.1 Å². The molecule has 6 atom stereocenters. The van der Waals surface area contributed by atoms with E-state index in [1.807, 2.05) is 56.7 Å². The number of halogens is 1. The van der Waals surface area contributed by atoms with Crippen LogP contribution in [0.3, 0.4) is 0 Å². The van der Waals surface area contributed by atoms with Gasteiger partial charge in [-0.2, -0.15) is 0 Å². The number of ether oxygens (including phenoxy) is 1. The van der Waals surface area contributed by atoms with Crippen LogP contribution in [0.25, 0.3) is 0 Å². The van der Waals surface area contributed by atoms with Gasteiger partial charge in [0, 0.05) is 49.6 Å². The summed E-state index contributed by atoms with van der Waals surface area (Å²) in [7, 11) is 1.92. The van der Waals surface area contributed by atoms with E-state index in [4.69, 9.17) is 15.2 Å². The highest BCUT2D eigenvalue weighted by atomic mass is 33.1. The second kappa shape index (κ2) is 19.3. The molecule has 252 valence electrons. The van der Waals surface area contributed by atoms with Gasteiger partial charge < -0.3 is 13.8 Å². The summed E-state index contributed by atoms with van der Waals surface area (Å²) < 4.78 is 45.2. The molecule has 0 spiro atoms. The lowest BCUT2D eigenvalue weighted by Crippen LogP contribution is -2.38. The highest BCUT2D eigenvalue weighted by molar-refractivity contribution is 8.76. The molecule has 1 aliphatic rings. The summed E-state index contributed by atoms with van der Waals surface area (Å²) in [5, 5.41) is 0.386. The van der Waals surface area contributed by atoms with Crippen molar-refractivity contribution >= 4 is 35.9 Å². The van der Waals surface area contributed by atoms with Crippen LogP contribution in [0.2, 0.25) is 0 Å². The fourth-order valence-corrected chi connectivity index (χ4v) is 9.23. The van der Waals surface area contributed by atoms with Gasteiger partial charge in [0.05, 0.1) is 12.7 Å². The number of Topliss-reactive ketones (excluding diaryl/α,β-unsaturated/α-hetero) is 1. The molecule has 1 aromatic heterocycles. The van der Waals surface area contributed by atoms with Gasteiger partial charge >= 0.3 is 5.69 Å². The van der Waals surface area contributed by atoms with Crippen LogP contribution < -0.4 is 11.2 Å². The average Bonchev–Trinajstić information content (AvgIpc) is 3.32. The van der Waals surface area contributed by atoms with Gasteiger partial charge in [0.2, 0.25) is 0 Å². The van der Waals surface area contributed by atoms with Crippen LogP contribution in [0.15, 0.2) is 52.2 Å². The molecule has 0 radical (unpaired) electrons. The number of hydrogen-bond donors (Lipinski definition) is 1. The zero-order valence-corrected chi connectivity index (χ0v) is 29.5. The van der Waals surface area contributed by atoms with Crippen molar-refractivity contribution in [2.24, 2.45) is 0 Å². The first-order valence-corrected chi connectivity index (χ1v) is 19.1. The van der Waals surface area contributed by atoms with Crippen molar-refractivity contribution in [2.45, 2.75) is 122 Å². The Morgan fingerprint density at radius 2 is 1.87 bits per heavy atom. The largest absolute Gasteiger partial charge is 0.349 e. The molecule has 3 rings (SSSR count). The van der Waals surface area contributed by atoms with Gasteiger partial charge in [-0.25, -0.2) is 13.9 Å². The smallest absolute Gasteiger partial charge is 0.330 e. The van der Waals surface area contributed by atoms with Crippen LogP contribution in [0.4, 0.5) is 4.39 Å².